The Morgan fingerprint density at radius 2 is 0.955 bits per heavy atom. The quantitative estimate of drug-likeness (QED) is 0.845. The summed E-state index contributed by atoms with van der Waals surface area (Å²) < 4.78 is 0. The van der Waals surface area contributed by atoms with Crippen LogP contribution < -0.4 is 9.80 Å². The van der Waals surface area contributed by atoms with Gasteiger partial charge in [-0.2, -0.15) is 0 Å². The summed E-state index contributed by atoms with van der Waals surface area (Å²) in [6.07, 6.45) is 4.76. The summed E-state index contributed by atoms with van der Waals surface area (Å²) in [5, 5.41) is 0. The standard InChI is InChI=1S/C20H20N2/c1-3-7-19(8-4-1)21-13-11-17(15-21)18-12-14-22(16-18)20-9-5-2-6-10-20/h1-12H,13-16H2. The number of hydrogen-bond acceptors (Lipinski definition) is 2. The number of rotatable bonds is 3. The van der Waals surface area contributed by atoms with Gasteiger partial charge in [0.2, 0.25) is 0 Å². The van der Waals surface area contributed by atoms with E-state index in [4.69, 9.17) is 0 Å². The minimum Gasteiger partial charge on any atom is -0.363 e. The van der Waals surface area contributed by atoms with Crippen LogP contribution in [-0.4, -0.2) is 26.2 Å². The summed E-state index contributed by atoms with van der Waals surface area (Å²) in [6.45, 7) is 4.08. The average molecular weight is 288 g/mol. The van der Waals surface area contributed by atoms with Crippen LogP contribution in [0.4, 0.5) is 11.4 Å². The highest BCUT2D eigenvalue weighted by molar-refractivity contribution is 5.58. The zero-order valence-corrected chi connectivity index (χ0v) is 12.7. The number of anilines is 2. The lowest BCUT2D eigenvalue weighted by Gasteiger charge is -2.20. The van der Waals surface area contributed by atoms with Gasteiger partial charge in [-0.25, -0.2) is 0 Å². The van der Waals surface area contributed by atoms with Crippen LogP contribution in [0.1, 0.15) is 0 Å². The van der Waals surface area contributed by atoms with E-state index in [2.05, 4.69) is 82.6 Å². The summed E-state index contributed by atoms with van der Waals surface area (Å²) in [4.78, 5) is 4.86. The fraction of sp³-hybridized carbons (Fsp3) is 0.200. The third-order valence-corrected chi connectivity index (χ3v) is 4.49. The Morgan fingerprint density at radius 1 is 0.545 bits per heavy atom. The van der Waals surface area contributed by atoms with E-state index in [9.17, 15) is 0 Å². The second-order valence-electron chi connectivity index (χ2n) is 5.89. The second kappa shape index (κ2) is 5.72. The first-order valence-electron chi connectivity index (χ1n) is 7.88. The largest absolute Gasteiger partial charge is 0.363 e. The summed E-state index contributed by atoms with van der Waals surface area (Å²) in [5.74, 6) is 0. The lowest BCUT2D eigenvalue weighted by molar-refractivity contribution is 0.963. The predicted octanol–water partition coefficient (Wildman–Crippen LogP) is 3.88. The minimum atomic E-state index is 1.02. The normalized spacial score (nSPS) is 17.6. The molecule has 0 aromatic heterocycles. The highest BCUT2D eigenvalue weighted by Gasteiger charge is 2.22. The molecule has 0 N–H and O–H groups in total. The molecule has 0 spiro atoms. The van der Waals surface area contributed by atoms with Gasteiger partial charge in [0.25, 0.3) is 0 Å². The average Bonchev–Trinajstić information content (AvgIpc) is 3.26. The molecular formula is C20H20N2. The first-order chi connectivity index (χ1) is 10.9. The molecule has 0 aliphatic carbocycles. The lowest BCUT2D eigenvalue weighted by atomic mass is 10.1. The van der Waals surface area contributed by atoms with Crippen molar-refractivity contribution in [2.75, 3.05) is 36.0 Å². The molecule has 22 heavy (non-hydrogen) atoms. The van der Waals surface area contributed by atoms with Crippen LogP contribution in [-0.2, 0) is 0 Å². The van der Waals surface area contributed by atoms with E-state index in [1.165, 1.54) is 22.5 Å². The van der Waals surface area contributed by atoms with Gasteiger partial charge in [0.05, 0.1) is 0 Å². The van der Waals surface area contributed by atoms with Crippen LogP contribution in [0.3, 0.4) is 0 Å². The van der Waals surface area contributed by atoms with Gasteiger partial charge in [-0.15, -0.1) is 0 Å². The number of nitrogens with zero attached hydrogens (tertiary/aromatic N) is 2. The van der Waals surface area contributed by atoms with Gasteiger partial charge in [0, 0.05) is 37.6 Å². The van der Waals surface area contributed by atoms with Crippen molar-refractivity contribution in [2.45, 2.75) is 0 Å². The van der Waals surface area contributed by atoms with Gasteiger partial charge in [-0.1, -0.05) is 48.6 Å². The molecule has 2 nitrogen and oxygen atoms in total. The molecule has 0 saturated carbocycles. The van der Waals surface area contributed by atoms with E-state index < -0.39 is 0 Å². The second-order valence-corrected chi connectivity index (χ2v) is 5.89. The summed E-state index contributed by atoms with van der Waals surface area (Å²) in [5.41, 5.74) is 5.60. The van der Waals surface area contributed by atoms with Crippen molar-refractivity contribution in [3.05, 3.63) is 84.0 Å². The maximum absolute atomic E-state index is 2.43. The molecule has 0 amide bonds. The molecule has 2 heteroatoms. The predicted molar refractivity (Wildman–Crippen MR) is 93.5 cm³/mol. The van der Waals surface area contributed by atoms with Crippen molar-refractivity contribution in [2.24, 2.45) is 0 Å². The topological polar surface area (TPSA) is 6.48 Å². The Labute approximate surface area is 132 Å². The smallest absolute Gasteiger partial charge is 0.0433 e. The Kier molecular flexibility index (Phi) is 3.43. The zero-order valence-electron chi connectivity index (χ0n) is 12.7. The third-order valence-electron chi connectivity index (χ3n) is 4.49. The van der Waals surface area contributed by atoms with Gasteiger partial charge in [-0.3, -0.25) is 0 Å². The van der Waals surface area contributed by atoms with Gasteiger partial charge in [0.15, 0.2) is 0 Å². The fourth-order valence-electron chi connectivity index (χ4n) is 3.25. The molecule has 2 aromatic rings. The van der Waals surface area contributed by atoms with E-state index >= 15 is 0 Å². The molecule has 2 heterocycles. The minimum absolute atomic E-state index is 1.02. The van der Waals surface area contributed by atoms with E-state index in [1.54, 1.807) is 0 Å². The molecular weight excluding hydrogens is 268 g/mol. The van der Waals surface area contributed by atoms with Crippen molar-refractivity contribution in [1.29, 1.82) is 0 Å². The number of para-hydroxylation sites is 2. The van der Waals surface area contributed by atoms with E-state index in [-0.39, 0.29) is 0 Å². The molecule has 0 saturated heterocycles. The fourth-order valence-corrected chi connectivity index (χ4v) is 3.25. The molecule has 2 aliphatic heterocycles. The van der Waals surface area contributed by atoms with Crippen LogP contribution in [0.2, 0.25) is 0 Å². The molecule has 2 aromatic carbocycles. The Hall–Kier alpha value is -2.48. The highest BCUT2D eigenvalue weighted by Crippen LogP contribution is 2.28. The number of benzene rings is 2. The lowest BCUT2D eigenvalue weighted by Crippen LogP contribution is -2.22. The molecule has 0 radical (unpaired) electrons. The summed E-state index contributed by atoms with van der Waals surface area (Å²) >= 11 is 0. The van der Waals surface area contributed by atoms with E-state index in [1.807, 2.05) is 0 Å². The van der Waals surface area contributed by atoms with E-state index in [0.717, 1.165) is 26.2 Å². The SMILES string of the molecule is C1=C(C2=CCN(c3ccccc3)C2)CN(c2ccccc2)C1. The maximum Gasteiger partial charge on any atom is 0.0433 e. The van der Waals surface area contributed by atoms with Gasteiger partial charge >= 0.3 is 0 Å². The molecule has 0 atom stereocenters. The van der Waals surface area contributed by atoms with Crippen molar-refractivity contribution < 1.29 is 0 Å². The Bertz CT molecular complexity index is 638. The van der Waals surface area contributed by atoms with E-state index in [0.29, 0.717) is 0 Å². The van der Waals surface area contributed by atoms with Gasteiger partial charge in [-0.05, 0) is 35.4 Å². The van der Waals surface area contributed by atoms with Crippen LogP contribution in [0.15, 0.2) is 84.0 Å². The van der Waals surface area contributed by atoms with Crippen molar-refractivity contribution in [3.8, 4) is 0 Å². The maximum atomic E-state index is 2.43. The van der Waals surface area contributed by atoms with Gasteiger partial charge in [0.1, 0.15) is 0 Å². The van der Waals surface area contributed by atoms with Crippen LogP contribution in [0.5, 0.6) is 0 Å². The molecule has 110 valence electrons. The Balaban J connectivity index is 1.42. The summed E-state index contributed by atoms with van der Waals surface area (Å²) in [6, 6.07) is 21.4. The van der Waals surface area contributed by atoms with Gasteiger partial charge < -0.3 is 9.80 Å². The van der Waals surface area contributed by atoms with Crippen molar-refractivity contribution in [3.63, 3.8) is 0 Å². The van der Waals surface area contributed by atoms with Crippen LogP contribution in [0.25, 0.3) is 0 Å². The molecule has 4 rings (SSSR count). The third kappa shape index (κ3) is 2.52. The zero-order chi connectivity index (χ0) is 14.8. The molecule has 0 bridgehead atoms. The Morgan fingerprint density at radius 3 is 1.36 bits per heavy atom. The van der Waals surface area contributed by atoms with Crippen LogP contribution in [0, 0.1) is 0 Å². The first-order valence-corrected chi connectivity index (χ1v) is 7.88. The summed E-state index contributed by atoms with van der Waals surface area (Å²) in [7, 11) is 0. The van der Waals surface area contributed by atoms with Crippen LogP contribution >= 0.6 is 0 Å². The van der Waals surface area contributed by atoms with Crippen molar-refractivity contribution in [1.82, 2.24) is 0 Å². The monoisotopic (exact) mass is 288 g/mol. The first kappa shape index (κ1) is 13.2. The van der Waals surface area contributed by atoms with Crippen molar-refractivity contribution >= 4 is 11.4 Å². The molecule has 2 aliphatic rings. The molecule has 0 unspecified atom stereocenters. The molecule has 0 fully saturated rings. The number of hydrogen-bond donors (Lipinski definition) is 0. The highest BCUT2D eigenvalue weighted by atomic mass is 15.2.